The minimum atomic E-state index is -4.57. The average Bonchev–Trinajstić information content (AvgIpc) is 3.00. The van der Waals surface area contributed by atoms with Gasteiger partial charge in [-0.3, -0.25) is 0 Å². The first-order valence-corrected chi connectivity index (χ1v) is 9.40. The van der Waals surface area contributed by atoms with Crippen LogP contribution < -0.4 is 4.90 Å². The number of hydrogen-bond donors (Lipinski definition) is 0. The summed E-state index contributed by atoms with van der Waals surface area (Å²) in [5.74, 6) is 0. The second kappa shape index (κ2) is 7.88. The molecule has 4 nitrogen and oxygen atoms in total. The van der Waals surface area contributed by atoms with Crippen molar-refractivity contribution in [3.05, 3.63) is 52.6 Å². The van der Waals surface area contributed by atoms with Crippen LogP contribution in [-0.4, -0.2) is 22.1 Å². The summed E-state index contributed by atoms with van der Waals surface area (Å²) >= 11 is 6.04. The van der Waals surface area contributed by atoms with Gasteiger partial charge in [-0.15, -0.1) is 0 Å². The first-order valence-electron chi connectivity index (χ1n) is 9.02. The van der Waals surface area contributed by atoms with Crippen LogP contribution in [0.4, 0.5) is 18.9 Å². The van der Waals surface area contributed by atoms with Crippen LogP contribution in [-0.2, 0) is 13.2 Å². The smallest absolute Gasteiger partial charge is 0.365 e. The van der Waals surface area contributed by atoms with Crippen molar-refractivity contribution >= 4 is 22.9 Å². The van der Waals surface area contributed by atoms with E-state index in [0.29, 0.717) is 17.5 Å². The SMILES string of the molecule is CCN(c1ccc(C#N)c(C(F)(F)F)c1)C1C=C(c2cnc(Cl)n2C)CCC1. The summed E-state index contributed by atoms with van der Waals surface area (Å²) in [6, 6.07) is 5.49. The molecule has 1 aromatic heterocycles. The molecule has 0 bridgehead atoms. The number of rotatable bonds is 4. The lowest BCUT2D eigenvalue weighted by Gasteiger charge is -2.34. The fourth-order valence-electron chi connectivity index (χ4n) is 3.70. The van der Waals surface area contributed by atoms with Crippen LogP contribution in [0.15, 0.2) is 30.5 Å². The first-order chi connectivity index (χ1) is 13.3. The number of aromatic nitrogens is 2. The van der Waals surface area contributed by atoms with Crippen molar-refractivity contribution in [3.63, 3.8) is 0 Å². The van der Waals surface area contributed by atoms with E-state index >= 15 is 0 Å². The zero-order chi connectivity index (χ0) is 20.5. The molecule has 1 aliphatic rings. The molecular formula is C20H20ClF3N4. The fourth-order valence-corrected chi connectivity index (χ4v) is 3.84. The predicted molar refractivity (Wildman–Crippen MR) is 103 cm³/mol. The van der Waals surface area contributed by atoms with Gasteiger partial charge in [-0.1, -0.05) is 6.08 Å². The van der Waals surface area contributed by atoms with Crippen molar-refractivity contribution in [1.29, 1.82) is 5.26 Å². The minimum absolute atomic E-state index is 0.0450. The summed E-state index contributed by atoms with van der Waals surface area (Å²) in [4.78, 5) is 6.05. The van der Waals surface area contributed by atoms with Crippen LogP contribution in [0.2, 0.25) is 5.28 Å². The number of benzene rings is 1. The molecule has 2 aromatic rings. The number of alkyl halides is 3. The zero-order valence-electron chi connectivity index (χ0n) is 15.6. The molecule has 0 spiro atoms. The summed E-state index contributed by atoms with van der Waals surface area (Å²) in [6.45, 7) is 2.46. The van der Waals surface area contributed by atoms with Gasteiger partial charge in [0.05, 0.1) is 29.1 Å². The number of anilines is 1. The zero-order valence-corrected chi connectivity index (χ0v) is 16.3. The average molecular weight is 409 g/mol. The standard InChI is InChI=1S/C20H20ClF3N4/c1-3-28(16-8-7-14(11-25)17(10-16)20(22,23)24)15-6-4-5-13(9-15)18-12-26-19(21)27(18)2/h7-10,12,15H,3-6H2,1-2H3. The third kappa shape index (κ3) is 3.88. The Balaban J connectivity index is 1.98. The van der Waals surface area contributed by atoms with Gasteiger partial charge in [-0.25, -0.2) is 4.98 Å². The number of imidazole rings is 1. The monoisotopic (exact) mass is 408 g/mol. The highest BCUT2D eigenvalue weighted by atomic mass is 35.5. The van der Waals surface area contributed by atoms with E-state index < -0.39 is 11.7 Å². The van der Waals surface area contributed by atoms with E-state index in [1.54, 1.807) is 22.9 Å². The van der Waals surface area contributed by atoms with Gasteiger partial charge >= 0.3 is 6.18 Å². The minimum Gasteiger partial charge on any atom is -0.365 e. The lowest BCUT2D eigenvalue weighted by Crippen LogP contribution is -2.35. The van der Waals surface area contributed by atoms with Gasteiger partial charge in [-0.2, -0.15) is 18.4 Å². The Bertz CT molecular complexity index is 940. The van der Waals surface area contributed by atoms with Crippen LogP contribution in [0.25, 0.3) is 5.57 Å². The maximum atomic E-state index is 13.4. The summed E-state index contributed by atoms with van der Waals surface area (Å²) in [5.41, 5.74) is 1.20. The number of nitrogens with zero attached hydrogens (tertiary/aromatic N) is 4. The normalized spacial score (nSPS) is 17.2. The maximum Gasteiger partial charge on any atom is 0.417 e. The summed E-state index contributed by atoms with van der Waals surface area (Å²) in [7, 11) is 1.84. The number of allylic oxidation sites excluding steroid dienone is 1. The summed E-state index contributed by atoms with van der Waals surface area (Å²) < 4.78 is 41.9. The Labute approximate surface area is 166 Å². The van der Waals surface area contributed by atoms with Crippen molar-refractivity contribution in [3.8, 4) is 6.07 Å². The van der Waals surface area contributed by atoms with E-state index in [9.17, 15) is 13.2 Å². The van der Waals surface area contributed by atoms with E-state index in [0.717, 1.165) is 36.6 Å². The fraction of sp³-hybridized carbons (Fsp3) is 0.400. The molecule has 8 heteroatoms. The predicted octanol–water partition coefficient (Wildman–Crippen LogP) is 5.43. The molecular weight excluding hydrogens is 389 g/mol. The lowest BCUT2D eigenvalue weighted by atomic mass is 9.92. The van der Waals surface area contributed by atoms with E-state index in [1.807, 2.05) is 18.9 Å². The molecule has 0 radical (unpaired) electrons. The summed E-state index contributed by atoms with van der Waals surface area (Å²) in [5, 5.41) is 9.41. The molecule has 1 unspecified atom stereocenters. The number of nitriles is 1. The van der Waals surface area contributed by atoms with E-state index in [4.69, 9.17) is 16.9 Å². The molecule has 0 N–H and O–H groups in total. The molecule has 0 saturated heterocycles. The van der Waals surface area contributed by atoms with Gasteiger partial charge < -0.3 is 9.47 Å². The van der Waals surface area contributed by atoms with Gasteiger partial charge in [0.1, 0.15) is 0 Å². The second-order valence-electron chi connectivity index (χ2n) is 6.75. The van der Waals surface area contributed by atoms with Crippen molar-refractivity contribution in [1.82, 2.24) is 9.55 Å². The Morgan fingerprint density at radius 2 is 2.14 bits per heavy atom. The first kappa shape index (κ1) is 20.3. The molecule has 28 heavy (non-hydrogen) atoms. The van der Waals surface area contributed by atoms with Gasteiger partial charge in [-0.05, 0) is 61.6 Å². The van der Waals surface area contributed by atoms with Crippen molar-refractivity contribution in [2.75, 3.05) is 11.4 Å². The van der Waals surface area contributed by atoms with Crippen LogP contribution in [0.5, 0.6) is 0 Å². The number of likely N-dealkylation sites (N-methyl/N-ethyl adjacent to an activating group) is 1. The summed E-state index contributed by atoms with van der Waals surface area (Å²) in [6.07, 6.45) is 1.86. The molecule has 1 atom stereocenters. The highest BCUT2D eigenvalue weighted by Gasteiger charge is 2.34. The maximum absolute atomic E-state index is 13.4. The third-order valence-electron chi connectivity index (χ3n) is 5.10. The molecule has 1 heterocycles. The van der Waals surface area contributed by atoms with Crippen LogP contribution in [0.1, 0.15) is 43.0 Å². The molecule has 0 aliphatic heterocycles. The molecule has 1 aromatic carbocycles. The van der Waals surface area contributed by atoms with Crippen molar-refractivity contribution in [2.24, 2.45) is 7.05 Å². The highest BCUT2D eigenvalue weighted by Crippen LogP contribution is 2.36. The Kier molecular flexibility index (Phi) is 5.71. The topological polar surface area (TPSA) is 44.9 Å². The highest BCUT2D eigenvalue weighted by molar-refractivity contribution is 6.28. The molecule has 0 amide bonds. The number of halogens is 4. The van der Waals surface area contributed by atoms with E-state index in [2.05, 4.69) is 11.1 Å². The third-order valence-corrected chi connectivity index (χ3v) is 5.45. The van der Waals surface area contributed by atoms with Gasteiger partial charge in [0.15, 0.2) is 0 Å². The lowest BCUT2D eigenvalue weighted by molar-refractivity contribution is -0.137. The molecule has 0 fully saturated rings. The quantitative estimate of drug-likeness (QED) is 0.677. The van der Waals surface area contributed by atoms with Gasteiger partial charge in [0.2, 0.25) is 5.28 Å². The largest absolute Gasteiger partial charge is 0.417 e. The van der Waals surface area contributed by atoms with E-state index in [1.165, 1.54) is 6.07 Å². The van der Waals surface area contributed by atoms with Gasteiger partial charge in [0.25, 0.3) is 0 Å². The van der Waals surface area contributed by atoms with E-state index in [-0.39, 0.29) is 11.6 Å². The van der Waals surface area contributed by atoms with Crippen LogP contribution in [0, 0.1) is 11.3 Å². The Hall–Kier alpha value is -2.46. The molecule has 0 saturated carbocycles. The number of hydrogen-bond acceptors (Lipinski definition) is 3. The van der Waals surface area contributed by atoms with Gasteiger partial charge in [0, 0.05) is 25.3 Å². The van der Waals surface area contributed by atoms with Crippen molar-refractivity contribution in [2.45, 2.75) is 38.4 Å². The molecule has 148 valence electrons. The molecule has 1 aliphatic carbocycles. The van der Waals surface area contributed by atoms with Crippen LogP contribution >= 0.6 is 11.6 Å². The van der Waals surface area contributed by atoms with Crippen molar-refractivity contribution < 1.29 is 13.2 Å². The Morgan fingerprint density at radius 1 is 1.39 bits per heavy atom. The molecule has 3 rings (SSSR count). The Morgan fingerprint density at radius 3 is 2.71 bits per heavy atom. The van der Waals surface area contributed by atoms with Crippen LogP contribution in [0.3, 0.4) is 0 Å². The second-order valence-corrected chi connectivity index (χ2v) is 7.09.